The molecule has 1 saturated heterocycles. The van der Waals surface area contributed by atoms with Crippen molar-refractivity contribution >= 4 is 11.6 Å². The van der Waals surface area contributed by atoms with E-state index in [1.165, 1.54) is 12.8 Å². The minimum absolute atomic E-state index is 0.0166. The molecule has 2 heterocycles. The van der Waals surface area contributed by atoms with Gasteiger partial charge in [-0.05, 0) is 49.5 Å². The van der Waals surface area contributed by atoms with E-state index in [4.69, 9.17) is 21.1 Å². The zero-order chi connectivity index (χ0) is 13.2. The van der Waals surface area contributed by atoms with Crippen molar-refractivity contribution in [1.29, 1.82) is 0 Å². The largest absolute Gasteiger partial charge is 0.454 e. The quantitative estimate of drug-likeness (QED) is 0.793. The number of fused-ring (bicyclic) bond motifs is 1. The van der Waals surface area contributed by atoms with Crippen LogP contribution in [-0.4, -0.2) is 31.3 Å². The van der Waals surface area contributed by atoms with E-state index in [9.17, 15) is 0 Å². The number of piperidine rings is 1. The molecule has 0 spiro atoms. The van der Waals surface area contributed by atoms with Gasteiger partial charge in [-0.15, -0.1) is 11.6 Å². The van der Waals surface area contributed by atoms with Crippen LogP contribution >= 0.6 is 11.6 Å². The molecule has 1 unspecified atom stereocenters. The lowest BCUT2D eigenvalue weighted by molar-refractivity contribution is 0.174. The second kappa shape index (κ2) is 5.59. The normalized spacial score (nSPS) is 21.6. The summed E-state index contributed by atoms with van der Waals surface area (Å²) in [6.45, 7) is 5.88. The molecule has 4 heteroatoms. The highest BCUT2D eigenvalue weighted by atomic mass is 35.5. The predicted molar refractivity (Wildman–Crippen MR) is 76.0 cm³/mol. The lowest BCUT2D eigenvalue weighted by atomic mass is 9.99. The van der Waals surface area contributed by atoms with Crippen molar-refractivity contribution in [3.05, 3.63) is 23.8 Å². The van der Waals surface area contributed by atoms with Crippen molar-refractivity contribution in [1.82, 2.24) is 4.90 Å². The van der Waals surface area contributed by atoms with Crippen LogP contribution in [0.3, 0.4) is 0 Å². The van der Waals surface area contributed by atoms with Crippen LogP contribution in [0.4, 0.5) is 0 Å². The summed E-state index contributed by atoms with van der Waals surface area (Å²) in [6.07, 6.45) is 2.56. The van der Waals surface area contributed by atoms with E-state index in [0.29, 0.717) is 6.79 Å². The third kappa shape index (κ3) is 2.98. The molecule has 0 saturated carbocycles. The minimum atomic E-state index is 0.0166. The van der Waals surface area contributed by atoms with Crippen molar-refractivity contribution in [2.75, 3.05) is 26.4 Å². The average molecular weight is 282 g/mol. The van der Waals surface area contributed by atoms with Crippen molar-refractivity contribution < 1.29 is 9.47 Å². The Balaban J connectivity index is 1.62. The fourth-order valence-electron chi connectivity index (χ4n) is 2.68. The van der Waals surface area contributed by atoms with Crippen LogP contribution < -0.4 is 9.47 Å². The number of rotatable bonds is 3. The lowest BCUT2D eigenvalue weighted by Crippen LogP contribution is -2.35. The molecule has 1 atom stereocenters. The number of likely N-dealkylation sites (tertiary alicyclic amines) is 1. The van der Waals surface area contributed by atoms with Crippen LogP contribution in [0.15, 0.2) is 18.2 Å². The molecule has 0 bridgehead atoms. The number of ether oxygens (including phenoxy) is 2. The second-order valence-electron chi connectivity index (χ2n) is 5.56. The van der Waals surface area contributed by atoms with E-state index in [1.807, 2.05) is 18.2 Å². The van der Waals surface area contributed by atoms with Gasteiger partial charge in [0.25, 0.3) is 0 Å². The molecule has 3 rings (SSSR count). The standard InChI is InChI=1S/C15H20ClNO2/c1-11-4-6-17(7-5-11)9-13(16)12-2-3-14-15(8-12)19-10-18-14/h2-3,8,11,13H,4-7,9-10H2,1H3. The molecule has 2 aliphatic rings. The lowest BCUT2D eigenvalue weighted by Gasteiger charge is -2.31. The molecule has 2 aliphatic heterocycles. The maximum atomic E-state index is 6.54. The molecular weight excluding hydrogens is 262 g/mol. The number of hydrogen-bond donors (Lipinski definition) is 0. The maximum absolute atomic E-state index is 6.54. The SMILES string of the molecule is CC1CCN(CC(Cl)c2ccc3c(c2)OCO3)CC1. The summed E-state index contributed by atoms with van der Waals surface area (Å²) < 4.78 is 10.7. The van der Waals surface area contributed by atoms with Gasteiger partial charge in [0.15, 0.2) is 11.5 Å². The first-order chi connectivity index (χ1) is 9.22. The third-order valence-corrected chi connectivity index (χ3v) is 4.44. The topological polar surface area (TPSA) is 21.7 Å². The van der Waals surface area contributed by atoms with Crippen molar-refractivity contribution in [2.24, 2.45) is 5.92 Å². The van der Waals surface area contributed by atoms with Gasteiger partial charge in [0.1, 0.15) is 0 Å². The Hall–Kier alpha value is -0.930. The summed E-state index contributed by atoms with van der Waals surface area (Å²) in [7, 11) is 0. The van der Waals surface area contributed by atoms with Gasteiger partial charge in [0.05, 0.1) is 5.38 Å². The zero-order valence-corrected chi connectivity index (χ0v) is 12.0. The Morgan fingerprint density at radius 2 is 2.00 bits per heavy atom. The molecule has 0 amide bonds. The maximum Gasteiger partial charge on any atom is 0.231 e. The Morgan fingerprint density at radius 3 is 2.79 bits per heavy atom. The summed E-state index contributed by atoms with van der Waals surface area (Å²) in [6, 6.07) is 6.00. The Labute approximate surface area is 119 Å². The molecule has 0 radical (unpaired) electrons. The second-order valence-corrected chi connectivity index (χ2v) is 6.09. The minimum Gasteiger partial charge on any atom is -0.454 e. The predicted octanol–water partition coefficient (Wildman–Crippen LogP) is 3.43. The Kier molecular flexibility index (Phi) is 3.85. The summed E-state index contributed by atoms with van der Waals surface area (Å²) in [4.78, 5) is 2.46. The van der Waals surface area contributed by atoms with E-state index >= 15 is 0 Å². The highest BCUT2D eigenvalue weighted by molar-refractivity contribution is 6.21. The van der Waals surface area contributed by atoms with Gasteiger partial charge < -0.3 is 14.4 Å². The number of alkyl halides is 1. The summed E-state index contributed by atoms with van der Waals surface area (Å²) >= 11 is 6.54. The number of halogens is 1. The summed E-state index contributed by atoms with van der Waals surface area (Å²) in [5.41, 5.74) is 1.12. The number of benzene rings is 1. The van der Waals surface area contributed by atoms with Gasteiger partial charge in [-0.3, -0.25) is 0 Å². The zero-order valence-electron chi connectivity index (χ0n) is 11.3. The first-order valence-electron chi connectivity index (χ1n) is 6.98. The molecule has 1 fully saturated rings. The molecule has 0 N–H and O–H groups in total. The fraction of sp³-hybridized carbons (Fsp3) is 0.600. The molecule has 104 valence electrons. The van der Waals surface area contributed by atoms with E-state index in [2.05, 4.69) is 11.8 Å². The van der Waals surface area contributed by atoms with Crippen molar-refractivity contribution in [3.8, 4) is 11.5 Å². The molecule has 3 nitrogen and oxygen atoms in total. The van der Waals surface area contributed by atoms with Crippen LogP contribution in [0.1, 0.15) is 30.7 Å². The monoisotopic (exact) mass is 281 g/mol. The van der Waals surface area contributed by atoms with Crippen LogP contribution in [0, 0.1) is 5.92 Å². The fourth-order valence-corrected chi connectivity index (χ4v) is 3.02. The van der Waals surface area contributed by atoms with E-state index in [0.717, 1.165) is 42.6 Å². The van der Waals surface area contributed by atoms with Crippen molar-refractivity contribution in [3.63, 3.8) is 0 Å². The highest BCUT2D eigenvalue weighted by Crippen LogP contribution is 2.36. The van der Waals surface area contributed by atoms with E-state index in [-0.39, 0.29) is 5.38 Å². The molecule has 1 aromatic carbocycles. The molecule has 0 aliphatic carbocycles. The summed E-state index contributed by atoms with van der Waals surface area (Å²) in [5.74, 6) is 2.49. The Morgan fingerprint density at radius 1 is 1.26 bits per heavy atom. The van der Waals surface area contributed by atoms with Gasteiger partial charge in [0.2, 0.25) is 6.79 Å². The van der Waals surface area contributed by atoms with Gasteiger partial charge in [-0.1, -0.05) is 13.0 Å². The van der Waals surface area contributed by atoms with Gasteiger partial charge >= 0.3 is 0 Å². The highest BCUT2D eigenvalue weighted by Gasteiger charge is 2.21. The molecule has 1 aromatic rings. The van der Waals surface area contributed by atoms with Gasteiger partial charge in [-0.2, -0.15) is 0 Å². The van der Waals surface area contributed by atoms with Gasteiger partial charge in [0, 0.05) is 6.54 Å². The molecular formula is C15H20ClNO2. The van der Waals surface area contributed by atoms with Crippen LogP contribution in [0.25, 0.3) is 0 Å². The Bertz CT molecular complexity index is 444. The summed E-state index contributed by atoms with van der Waals surface area (Å²) in [5, 5.41) is 0.0166. The van der Waals surface area contributed by atoms with Crippen LogP contribution in [0.2, 0.25) is 0 Å². The first kappa shape index (κ1) is 13.1. The number of hydrogen-bond acceptors (Lipinski definition) is 3. The average Bonchev–Trinajstić information content (AvgIpc) is 2.88. The van der Waals surface area contributed by atoms with E-state index < -0.39 is 0 Å². The molecule has 0 aromatic heterocycles. The van der Waals surface area contributed by atoms with Gasteiger partial charge in [-0.25, -0.2) is 0 Å². The van der Waals surface area contributed by atoms with Crippen LogP contribution in [0.5, 0.6) is 11.5 Å². The smallest absolute Gasteiger partial charge is 0.231 e. The third-order valence-electron chi connectivity index (χ3n) is 4.05. The van der Waals surface area contributed by atoms with E-state index in [1.54, 1.807) is 0 Å². The molecule has 19 heavy (non-hydrogen) atoms. The van der Waals surface area contributed by atoms with Crippen LogP contribution in [-0.2, 0) is 0 Å². The van der Waals surface area contributed by atoms with Crippen molar-refractivity contribution in [2.45, 2.75) is 25.1 Å². The first-order valence-corrected chi connectivity index (χ1v) is 7.42. The number of nitrogens with zero attached hydrogens (tertiary/aromatic N) is 1.